The van der Waals surface area contributed by atoms with Crippen LogP contribution in [0.25, 0.3) is 22.2 Å². The second-order valence-corrected chi connectivity index (χ2v) is 12.9. The van der Waals surface area contributed by atoms with Crippen LogP contribution in [0.2, 0.25) is 15.1 Å². The minimum Gasteiger partial charge on any atom is -0.489 e. The summed E-state index contributed by atoms with van der Waals surface area (Å²) in [6, 6.07) is 16.3. The average Bonchev–Trinajstić information content (AvgIpc) is 3.65. The van der Waals surface area contributed by atoms with Gasteiger partial charge in [0.1, 0.15) is 23.8 Å². The number of carboxylic acid groups (broad SMARTS) is 1. The van der Waals surface area contributed by atoms with Crippen LogP contribution >= 0.6 is 34.8 Å². The number of aromatic nitrogens is 2. The Bertz CT molecular complexity index is 1960. The Morgan fingerprint density at radius 3 is 2.52 bits per heavy atom. The molecule has 46 heavy (non-hydrogen) atoms. The van der Waals surface area contributed by atoms with Crippen molar-refractivity contribution in [2.45, 2.75) is 58.2 Å². The number of halogens is 3. The zero-order valence-corrected chi connectivity index (χ0v) is 27.6. The van der Waals surface area contributed by atoms with Gasteiger partial charge in [-0.1, -0.05) is 71.7 Å². The van der Waals surface area contributed by atoms with Gasteiger partial charge in [0, 0.05) is 52.8 Å². The number of carboxylic acids is 1. The maximum absolute atomic E-state index is 11.9. The van der Waals surface area contributed by atoms with Crippen molar-refractivity contribution in [1.29, 1.82) is 0 Å². The van der Waals surface area contributed by atoms with Gasteiger partial charge in [-0.3, -0.25) is 0 Å². The van der Waals surface area contributed by atoms with Crippen molar-refractivity contribution in [3.8, 4) is 28.8 Å². The molecule has 2 heterocycles. The number of benzene rings is 3. The molecular formula is C36H32Cl3N3O4. The van der Waals surface area contributed by atoms with E-state index < -0.39 is 5.97 Å². The highest BCUT2D eigenvalue weighted by molar-refractivity contribution is 6.39. The lowest BCUT2D eigenvalue weighted by Crippen LogP contribution is -2.24. The van der Waals surface area contributed by atoms with Gasteiger partial charge in [-0.05, 0) is 68.3 Å². The molecule has 1 aliphatic rings. The molecule has 3 aromatic carbocycles. The standard InChI is InChI=1S/C36H32Cl3N3O4/c1-21(2)40-14-4-15-42-16-13-27-24(17-25(36(43)44)18-32(27)42)10-7-22-11-12-26(19-31(22)39)45-20-28-34(41-46-35(28)23-8-9-23)33-29(37)5-3-6-30(33)38/h3,5-6,11-13,16-19,21,23,40H,4,8-9,14-15,20H2,1-2H3,(H,43,44). The molecule has 0 saturated heterocycles. The molecule has 0 amide bonds. The third kappa shape index (κ3) is 7.06. The van der Waals surface area contributed by atoms with Gasteiger partial charge in [0.25, 0.3) is 0 Å². The van der Waals surface area contributed by atoms with E-state index in [-0.39, 0.29) is 12.2 Å². The Balaban J connectivity index is 1.23. The van der Waals surface area contributed by atoms with E-state index in [1.165, 1.54) is 0 Å². The van der Waals surface area contributed by atoms with E-state index in [9.17, 15) is 9.90 Å². The monoisotopic (exact) mass is 675 g/mol. The summed E-state index contributed by atoms with van der Waals surface area (Å²) in [7, 11) is 0. The van der Waals surface area contributed by atoms with Crippen molar-refractivity contribution in [2.75, 3.05) is 6.54 Å². The minimum absolute atomic E-state index is 0.184. The zero-order valence-electron chi connectivity index (χ0n) is 25.4. The van der Waals surface area contributed by atoms with Gasteiger partial charge in [0.15, 0.2) is 0 Å². The third-order valence-electron chi connectivity index (χ3n) is 7.89. The first-order valence-corrected chi connectivity index (χ1v) is 16.3. The topological polar surface area (TPSA) is 89.5 Å². The number of rotatable bonds is 11. The van der Waals surface area contributed by atoms with Crippen LogP contribution in [0.1, 0.15) is 71.8 Å². The highest BCUT2D eigenvalue weighted by Crippen LogP contribution is 2.46. The summed E-state index contributed by atoms with van der Waals surface area (Å²) in [6.07, 6.45) is 4.95. The number of carbonyl (C=O) groups is 1. The number of ether oxygens (including phenoxy) is 1. The molecule has 5 aromatic rings. The molecule has 7 nitrogen and oxygen atoms in total. The summed E-state index contributed by atoms with van der Waals surface area (Å²) < 4.78 is 14.0. The molecule has 0 radical (unpaired) electrons. The highest BCUT2D eigenvalue weighted by atomic mass is 35.5. The molecule has 10 heteroatoms. The van der Waals surface area contributed by atoms with Gasteiger partial charge in [0.2, 0.25) is 0 Å². The maximum Gasteiger partial charge on any atom is 0.335 e. The lowest BCUT2D eigenvalue weighted by Gasteiger charge is -2.10. The quantitative estimate of drug-likeness (QED) is 0.107. The second kappa shape index (κ2) is 13.8. The largest absolute Gasteiger partial charge is 0.489 e. The van der Waals surface area contributed by atoms with Gasteiger partial charge in [-0.15, -0.1) is 0 Å². The normalized spacial score (nSPS) is 12.8. The van der Waals surface area contributed by atoms with Crippen LogP contribution in [-0.2, 0) is 13.2 Å². The number of hydrogen-bond donors (Lipinski definition) is 2. The van der Waals surface area contributed by atoms with Crippen LogP contribution in [0.4, 0.5) is 0 Å². The van der Waals surface area contributed by atoms with E-state index >= 15 is 0 Å². The van der Waals surface area contributed by atoms with Gasteiger partial charge in [0.05, 0.1) is 31.7 Å². The smallest absolute Gasteiger partial charge is 0.335 e. The molecule has 6 rings (SSSR count). The van der Waals surface area contributed by atoms with Crippen molar-refractivity contribution in [3.05, 3.63) is 104 Å². The van der Waals surface area contributed by atoms with Gasteiger partial charge in [-0.25, -0.2) is 4.79 Å². The summed E-state index contributed by atoms with van der Waals surface area (Å²) in [6.45, 7) is 6.05. The molecule has 2 N–H and O–H groups in total. The molecule has 1 saturated carbocycles. The first-order valence-electron chi connectivity index (χ1n) is 15.2. The fourth-order valence-corrected chi connectivity index (χ4v) is 6.18. The van der Waals surface area contributed by atoms with E-state index in [2.05, 4.69) is 40.7 Å². The first-order chi connectivity index (χ1) is 22.2. The van der Waals surface area contributed by atoms with Crippen molar-refractivity contribution in [3.63, 3.8) is 0 Å². The number of nitrogens with one attached hydrogen (secondary N) is 1. The summed E-state index contributed by atoms with van der Waals surface area (Å²) in [4.78, 5) is 11.9. The number of nitrogens with zero attached hydrogens (tertiary/aromatic N) is 2. The van der Waals surface area contributed by atoms with Crippen LogP contribution in [0.5, 0.6) is 5.75 Å². The number of aromatic carboxylic acids is 1. The van der Waals surface area contributed by atoms with E-state index in [1.54, 1.807) is 48.5 Å². The lowest BCUT2D eigenvalue weighted by molar-refractivity contribution is 0.0697. The molecule has 2 aromatic heterocycles. The van der Waals surface area contributed by atoms with E-state index in [0.717, 1.165) is 54.6 Å². The zero-order chi connectivity index (χ0) is 32.4. The number of aryl methyl sites for hydroxylation is 1. The summed E-state index contributed by atoms with van der Waals surface area (Å²) in [5, 5.41) is 19.8. The van der Waals surface area contributed by atoms with E-state index in [1.807, 2.05) is 12.3 Å². The Morgan fingerprint density at radius 2 is 1.83 bits per heavy atom. The maximum atomic E-state index is 11.9. The molecular weight excluding hydrogens is 645 g/mol. The predicted molar refractivity (Wildman–Crippen MR) is 182 cm³/mol. The molecule has 0 aliphatic heterocycles. The molecule has 0 atom stereocenters. The van der Waals surface area contributed by atoms with Gasteiger partial charge in [-0.2, -0.15) is 0 Å². The number of fused-ring (bicyclic) bond motifs is 1. The third-order valence-corrected chi connectivity index (χ3v) is 8.83. The fraction of sp³-hybridized carbons (Fsp3) is 0.278. The fourth-order valence-electron chi connectivity index (χ4n) is 5.38. The predicted octanol–water partition coefficient (Wildman–Crippen LogP) is 9.20. The molecule has 0 bridgehead atoms. The van der Waals surface area contributed by atoms with Crippen molar-refractivity contribution in [1.82, 2.24) is 15.0 Å². The van der Waals surface area contributed by atoms with Crippen molar-refractivity contribution in [2.24, 2.45) is 0 Å². The summed E-state index contributed by atoms with van der Waals surface area (Å²) >= 11 is 19.6. The molecule has 0 unspecified atom stereocenters. The van der Waals surface area contributed by atoms with Crippen LogP contribution < -0.4 is 10.1 Å². The van der Waals surface area contributed by atoms with Crippen molar-refractivity contribution >= 4 is 51.7 Å². The minimum atomic E-state index is -1.00. The van der Waals surface area contributed by atoms with Crippen LogP contribution in [0.15, 0.2) is 65.3 Å². The molecule has 236 valence electrons. The molecule has 1 fully saturated rings. The van der Waals surface area contributed by atoms with Crippen LogP contribution in [-0.4, -0.2) is 33.4 Å². The Morgan fingerprint density at radius 1 is 1.07 bits per heavy atom. The van der Waals surface area contributed by atoms with Crippen LogP contribution in [0.3, 0.4) is 0 Å². The first kappa shape index (κ1) is 32.0. The Hall–Kier alpha value is -3.93. The van der Waals surface area contributed by atoms with E-state index in [0.29, 0.717) is 55.2 Å². The van der Waals surface area contributed by atoms with Gasteiger partial charge >= 0.3 is 5.97 Å². The summed E-state index contributed by atoms with van der Waals surface area (Å²) in [5.41, 5.74) is 4.22. The molecule has 0 spiro atoms. The average molecular weight is 677 g/mol. The second-order valence-electron chi connectivity index (χ2n) is 11.7. The molecule has 1 aliphatic carbocycles. The van der Waals surface area contributed by atoms with E-state index in [4.69, 9.17) is 44.1 Å². The summed E-state index contributed by atoms with van der Waals surface area (Å²) in [5.74, 6) is 6.92. The Kier molecular flexibility index (Phi) is 9.62. The van der Waals surface area contributed by atoms with Crippen molar-refractivity contribution < 1.29 is 19.2 Å². The Labute approximate surface area is 282 Å². The highest BCUT2D eigenvalue weighted by Gasteiger charge is 2.33. The SMILES string of the molecule is CC(C)NCCCn1ccc2c(C#Cc3ccc(OCc4c(-c5c(Cl)cccc5Cl)noc4C4CC4)cc3Cl)cc(C(=O)O)cc21. The number of hydrogen-bond acceptors (Lipinski definition) is 5. The lowest BCUT2D eigenvalue weighted by atomic mass is 10.0. The van der Waals surface area contributed by atoms with Gasteiger partial charge < -0.3 is 24.3 Å². The van der Waals surface area contributed by atoms with Crippen LogP contribution in [0, 0.1) is 11.8 Å².